The lowest BCUT2D eigenvalue weighted by Crippen LogP contribution is -2.20. The Morgan fingerprint density at radius 2 is 2.83 bits per heavy atom. The molecule has 1 rings (SSSR count). The fourth-order valence-electron chi connectivity index (χ4n) is 0.484. The molecule has 0 aliphatic carbocycles. The van der Waals surface area contributed by atoms with Crippen molar-refractivity contribution in [3.8, 4) is 0 Å². The average molecular weight is 242 g/mol. The number of methoxy groups -OCH3 is 1. The van der Waals surface area contributed by atoms with E-state index >= 15 is 0 Å². The molecule has 4 heteroatoms. The Morgan fingerprint density at radius 1 is 2.00 bits per heavy atom. The second-order valence-electron chi connectivity index (χ2n) is 1.63. The molecular formula is C8H10BrNO2. The number of halogens is 1. The van der Waals surface area contributed by atoms with Crippen LogP contribution in [0.15, 0.2) is 27.5 Å². The van der Waals surface area contributed by atoms with Gasteiger partial charge >= 0.3 is 0 Å². The van der Waals surface area contributed by atoms with E-state index in [2.05, 4.69) is 20.7 Å². The Labute approximate surface area is 93.1 Å². The Morgan fingerprint density at radius 3 is 3.58 bits per heavy atom. The molecule has 1 aromatic heterocycles. The molecule has 1 aromatic rings. The first-order valence-electron chi connectivity index (χ1n) is 7.72. The topological polar surface area (TPSA) is 31.2 Å². The summed E-state index contributed by atoms with van der Waals surface area (Å²) in [5, 5.41) is 0. The minimum Gasteiger partial charge on any atom is -0.383 e. The predicted molar refractivity (Wildman–Crippen MR) is 50.3 cm³/mol. The van der Waals surface area contributed by atoms with Crippen LogP contribution in [0.2, 0.25) is 0 Å². The van der Waals surface area contributed by atoms with Crippen LogP contribution in [0.25, 0.3) is 0 Å². The number of nitrogens with zero attached hydrogens (tertiary/aromatic N) is 1. The number of pyridine rings is 1. The van der Waals surface area contributed by atoms with E-state index < -0.39 is 43.9 Å². The van der Waals surface area contributed by atoms with Crippen molar-refractivity contribution < 1.29 is 18.4 Å². The maximum atomic E-state index is 12.0. The number of hydrogen-bond acceptors (Lipinski definition) is 2. The van der Waals surface area contributed by atoms with Crippen LogP contribution < -0.4 is 5.56 Å². The average Bonchev–Trinajstić information content (AvgIpc) is 2.30. The Balaban J connectivity index is 3.64. The minimum atomic E-state index is -3.52. The molecule has 0 unspecified atom stereocenters. The van der Waals surface area contributed by atoms with Crippen molar-refractivity contribution in [3.63, 3.8) is 0 Å². The molecule has 0 spiro atoms. The van der Waals surface area contributed by atoms with Crippen molar-refractivity contribution in [1.82, 2.24) is 4.57 Å². The zero-order chi connectivity index (χ0) is 17.7. The first-order chi connectivity index (χ1) is 9.63. The molecule has 0 aromatic carbocycles. The lowest BCUT2D eigenvalue weighted by Gasteiger charge is -2.03. The smallest absolute Gasteiger partial charge is 0.251 e. The van der Waals surface area contributed by atoms with E-state index in [9.17, 15) is 4.79 Å². The molecule has 0 amide bonds. The Bertz CT molecular complexity index is 652. The molecule has 1 heterocycles. The summed E-state index contributed by atoms with van der Waals surface area (Å²) < 4.78 is 76.9. The second kappa shape index (κ2) is 4.42. The Hall–Kier alpha value is -0.610. The second-order valence-corrected chi connectivity index (χ2v) is 2.43. The van der Waals surface area contributed by atoms with Gasteiger partial charge in [0.2, 0.25) is 0 Å². The van der Waals surface area contributed by atoms with Gasteiger partial charge in [0.05, 0.1) is 20.3 Å². The van der Waals surface area contributed by atoms with Crippen molar-refractivity contribution in [2.45, 2.75) is 6.50 Å². The summed E-state index contributed by atoms with van der Waals surface area (Å²) in [6.07, 6.45) is -1.03. The molecular weight excluding hydrogens is 222 g/mol. The highest BCUT2D eigenvalue weighted by molar-refractivity contribution is 9.10. The van der Waals surface area contributed by atoms with E-state index in [0.29, 0.717) is 0 Å². The van der Waals surface area contributed by atoms with E-state index in [4.69, 9.17) is 13.7 Å². The largest absolute Gasteiger partial charge is 0.383 e. The third-order valence-electron chi connectivity index (χ3n) is 0.906. The van der Waals surface area contributed by atoms with Gasteiger partial charge in [-0.05, 0) is 6.04 Å². The molecule has 12 heavy (non-hydrogen) atoms. The highest BCUT2D eigenvalue weighted by Gasteiger charge is 1.94. The van der Waals surface area contributed by atoms with Gasteiger partial charge in [-0.25, -0.2) is 0 Å². The van der Waals surface area contributed by atoms with Crippen molar-refractivity contribution in [2.24, 2.45) is 0 Å². The van der Waals surface area contributed by atoms with E-state index in [1.165, 1.54) is 0 Å². The molecule has 0 N–H and O–H groups in total. The summed E-state index contributed by atoms with van der Waals surface area (Å²) in [7, 11) is -3.30. The van der Waals surface area contributed by atoms with Gasteiger partial charge in [-0.1, -0.05) is 15.9 Å². The van der Waals surface area contributed by atoms with Gasteiger partial charge in [0.25, 0.3) is 5.56 Å². The van der Waals surface area contributed by atoms with Crippen LogP contribution >= 0.6 is 15.9 Å². The zero-order valence-electron chi connectivity index (χ0n) is 15.6. The van der Waals surface area contributed by atoms with Gasteiger partial charge in [-0.2, -0.15) is 0 Å². The molecule has 0 bridgehead atoms. The van der Waals surface area contributed by atoms with Gasteiger partial charge in [-0.3, -0.25) is 4.79 Å². The maximum Gasteiger partial charge on any atom is 0.251 e. The van der Waals surface area contributed by atoms with E-state index in [0.717, 1.165) is 0 Å². The van der Waals surface area contributed by atoms with Gasteiger partial charge in [0.1, 0.15) is 0 Å². The van der Waals surface area contributed by atoms with Crippen molar-refractivity contribution in [3.05, 3.63) is 33.1 Å². The number of ether oxygens (including phenoxy) is 1. The summed E-state index contributed by atoms with van der Waals surface area (Å²) in [5.41, 5.74) is -1.41. The van der Waals surface area contributed by atoms with Crippen LogP contribution in [0, 0.1) is 0 Å². The third-order valence-corrected chi connectivity index (χ3v) is 1.30. The number of hydrogen-bond donors (Lipinski definition) is 0. The van der Waals surface area contributed by atoms with E-state index in [-0.39, 0.29) is 9.04 Å². The fraction of sp³-hybridized carbons (Fsp3) is 0.375. The van der Waals surface area contributed by atoms with Crippen molar-refractivity contribution in [2.75, 3.05) is 13.6 Å². The standard InChI is InChI=1S/C8H10BrNO2/c1-12-5-4-10-3-2-7(9)6-8(10)11/h2-3,6H,4-5H2,1H3/i1D3,2D,3D,4D2,5D2,6D. The first-order valence-corrected chi connectivity index (χ1v) is 3.52. The lowest BCUT2D eigenvalue weighted by molar-refractivity contribution is 0.186. The SMILES string of the molecule is [2H]c1c(Br)c([2H])c(=O)n(C([2H])([2H])C([2H])([2H])OC([2H])([2H])[2H])c1[2H]. The number of aromatic nitrogens is 1. The highest BCUT2D eigenvalue weighted by atomic mass is 79.9. The van der Waals surface area contributed by atoms with Crippen LogP contribution in [-0.2, 0) is 11.2 Å². The lowest BCUT2D eigenvalue weighted by atomic mass is 10.4. The third kappa shape index (κ3) is 2.46. The molecule has 66 valence electrons. The van der Waals surface area contributed by atoms with Crippen LogP contribution in [0.1, 0.15) is 13.7 Å². The fourth-order valence-corrected chi connectivity index (χ4v) is 0.742. The van der Waals surface area contributed by atoms with Gasteiger partial charge < -0.3 is 9.30 Å². The van der Waals surface area contributed by atoms with Gasteiger partial charge in [0, 0.05) is 30.2 Å². The summed E-state index contributed by atoms with van der Waals surface area (Å²) >= 11 is 2.74. The normalized spacial score (nSPS) is 25.8. The molecule has 3 nitrogen and oxygen atoms in total. The predicted octanol–water partition coefficient (Wildman–Crippen LogP) is 1.26. The van der Waals surface area contributed by atoms with Crippen LogP contribution in [0.5, 0.6) is 0 Å². The van der Waals surface area contributed by atoms with Crippen LogP contribution in [0.4, 0.5) is 0 Å². The van der Waals surface area contributed by atoms with Crippen molar-refractivity contribution >= 4 is 15.9 Å². The monoisotopic (exact) mass is 241 g/mol. The molecule has 0 aliphatic heterocycles. The van der Waals surface area contributed by atoms with Gasteiger partial charge in [0.15, 0.2) is 0 Å². The minimum absolute atomic E-state index is 0.117. The number of rotatable bonds is 3. The molecule has 0 saturated carbocycles. The zero-order valence-corrected chi connectivity index (χ0v) is 7.23. The van der Waals surface area contributed by atoms with E-state index in [1.54, 1.807) is 0 Å². The molecule has 0 aliphatic rings. The first kappa shape index (κ1) is 2.69. The maximum absolute atomic E-state index is 12.0. The van der Waals surface area contributed by atoms with Crippen LogP contribution in [0.3, 0.4) is 0 Å². The highest BCUT2D eigenvalue weighted by Crippen LogP contribution is 2.03. The molecule has 0 radical (unpaired) electrons. The van der Waals surface area contributed by atoms with Crippen LogP contribution in [-0.4, -0.2) is 18.2 Å². The quantitative estimate of drug-likeness (QED) is 0.798. The van der Waals surface area contributed by atoms with E-state index in [1.807, 2.05) is 0 Å². The summed E-state index contributed by atoms with van der Waals surface area (Å²) in [6, 6.07) is -1.59. The molecule has 0 saturated heterocycles. The Kier molecular flexibility index (Phi) is 0.991. The summed E-state index contributed by atoms with van der Waals surface area (Å²) in [4.78, 5) is 12.0. The van der Waals surface area contributed by atoms with Gasteiger partial charge in [-0.15, -0.1) is 0 Å². The summed E-state index contributed by atoms with van der Waals surface area (Å²) in [5.74, 6) is 0. The van der Waals surface area contributed by atoms with Crippen molar-refractivity contribution in [1.29, 1.82) is 0 Å². The molecule has 0 atom stereocenters. The molecule has 0 fully saturated rings. The summed E-state index contributed by atoms with van der Waals surface area (Å²) in [6.45, 7) is -6.97.